The molecule has 6 heteroatoms. The third-order valence-electron chi connectivity index (χ3n) is 16.6. The van der Waals surface area contributed by atoms with Gasteiger partial charge >= 0.3 is 11.9 Å². The minimum atomic E-state index is -1.12. The molecule has 5 rings (SSSR count). The van der Waals surface area contributed by atoms with Gasteiger partial charge in [-0.05, 0) is 162 Å². The number of rotatable bonds is 11. The Kier molecular flexibility index (Phi) is 10.2. The number of aliphatic carboxylic acids is 1. The van der Waals surface area contributed by atoms with Crippen molar-refractivity contribution in [1.29, 1.82) is 0 Å². The summed E-state index contributed by atoms with van der Waals surface area (Å²) in [5.41, 5.74) is 0.0966. The van der Waals surface area contributed by atoms with Crippen LogP contribution < -0.4 is 0 Å². The van der Waals surface area contributed by atoms with Crippen LogP contribution in [0.2, 0.25) is 0 Å². The standard InChI is InChI=1S/C41H71NO5/c1-27(2)28-14-20-41(17-11-23-42(10)24-25-43)22-21-39(8)29(34(28)41)12-13-31-38(7)18-16-32(47-33(44)26-36(3,4)35(45)46)37(5,6)30(38)15-19-40(31,39)9/h27-32,34,43H,11-26H2,1-10H3,(H,45,46)/t28-,29+,30-,31+,32-,34+,38-,39+,40+,41+/m0/s1. The molecular formula is C41H71NO5. The molecule has 0 aliphatic heterocycles. The summed E-state index contributed by atoms with van der Waals surface area (Å²) in [6, 6.07) is 0. The number of carboxylic acid groups (broad SMARTS) is 1. The maximum absolute atomic E-state index is 13.1. The quantitative estimate of drug-likeness (QED) is 0.216. The average Bonchev–Trinajstić information content (AvgIpc) is 3.35. The topological polar surface area (TPSA) is 87.1 Å². The van der Waals surface area contributed by atoms with Crippen molar-refractivity contribution in [2.75, 3.05) is 26.7 Å². The zero-order valence-electron chi connectivity index (χ0n) is 31.9. The third kappa shape index (κ3) is 6.03. The molecule has 0 bridgehead atoms. The molecule has 5 aliphatic carbocycles. The van der Waals surface area contributed by atoms with Gasteiger partial charge in [-0.3, -0.25) is 9.59 Å². The molecule has 2 N–H and O–H groups in total. The van der Waals surface area contributed by atoms with Gasteiger partial charge in [0.25, 0.3) is 0 Å². The summed E-state index contributed by atoms with van der Waals surface area (Å²) in [6.45, 7) is 23.1. The fraction of sp³-hybridized carbons (Fsp3) is 0.951. The fourth-order valence-electron chi connectivity index (χ4n) is 13.8. The molecule has 0 amide bonds. The van der Waals surface area contributed by atoms with Gasteiger partial charge in [-0.2, -0.15) is 0 Å². The summed E-state index contributed by atoms with van der Waals surface area (Å²) in [7, 11) is 2.16. The van der Waals surface area contributed by atoms with E-state index < -0.39 is 11.4 Å². The summed E-state index contributed by atoms with van der Waals surface area (Å²) < 4.78 is 6.19. The molecule has 0 spiro atoms. The number of esters is 1. The lowest BCUT2D eigenvalue weighted by Gasteiger charge is -2.73. The Hall–Kier alpha value is -1.14. The number of hydrogen-bond donors (Lipinski definition) is 2. The van der Waals surface area contributed by atoms with Gasteiger partial charge in [0.05, 0.1) is 18.4 Å². The number of likely N-dealkylation sites (N-methyl/N-ethyl adjacent to an activating group) is 1. The van der Waals surface area contributed by atoms with Gasteiger partial charge in [0, 0.05) is 12.0 Å². The van der Waals surface area contributed by atoms with Crippen molar-refractivity contribution in [2.45, 2.75) is 152 Å². The van der Waals surface area contributed by atoms with E-state index in [1.54, 1.807) is 13.8 Å². The zero-order chi connectivity index (χ0) is 34.8. The van der Waals surface area contributed by atoms with Crippen molar-refractivity contribution < 1.29 is 24.5 Å². The zero-order valence-corrected chi connectivity index (χ0v) is 31.9. The van der Waals surface area contributed by atoms with Crippen LogP contribution in [-0.4, -0.2) is 59.9 Å². The molecule has 270 valence electrons. The van der Waals surface area contributed by atoms with Gasteiger partial charge in [-0.1, -0.05) is 48.5 Å². The van der Waals surface area contributed by atoms with Crippen LogP contribution in [0.5, 0.6) is 0 Å². The Balaban J connectivity index is 1.37. The second-order valence-corrected chi connectivity index (χ2v) is 19.8. The number of carbonyl (C=O) groups is 2. The van der Waals surface area contributed by atoms with Gasteiger partial charge in [0.2, 0.25) is 0 Å². The summed E-state index contributed by atoms with van der Waals surface area (Å²) in [4.78, 5) is 27.1. The van der Waals surface area contributed by atoms with Gasteiger partial charge in [-0.15, -0.1) is 0 Å². The average molecular weight is 658 g/mol. The summed E-state index contributed by atoms with van der Waals surface area (Å²) in [5, 5.41) is 19.0. The summed E-state index contributed by atoms with van der Waals surface area (Å²) >= 11 is 0. The molecule has 0 unspecified atom stereocenters. The first-order valence-electron chi connectivity index (χ1n) is 19.5. The number of hydrogen-bond acceptors (Lipinski definition) is 5. The van der Waals surface area contributed by atoms with Crippen LogP contribution in [0.15, 0.2) is 0 Å². The predicted octanol–water partition coefficient (Wildman–Crippen LogP) is 8.84. The fourth-order valence-corrected chi connectivity index (χ4v) is 13.8. The minimum absolute atomic E-state index is 0.0866. The molecule has 5 saturated carbocycles. The number of aliphatic hydroxyl groups is 1. The third-order valence-corrected chi connectivity index (χ3v) is 16.6. The van der Waals surface area contributed by atoms with Crippen molar-refractivity contribution in [3.05, 3.63) is 0 Å². The molecule has 0 aromatic carbocycles. The van der Waals surface area contributed by atoms with Crippen molar-refractivity contribution in [3.63, 3.8) is 0 Å². The van der Waals surface area contributed by atoms with Crippen molar-refractivity contribution in [1.82, 2.24) is 4.90 Å². The van der Waals surface area contributed by atoms with E-state index in [1.165, 1.54) is 64.2 Å². The summed E-state index contributed by atoms with van der Waals surface area (Å²) in [5.74, 6) is 3.03. The van der Waals surface area contributed by atoms with Crippen LogP contribution >= 0.6 is 0 Å². The Bertz CT molecular complexity index is 1160. The van der Waals surface area contributed by atoms with Crippen molar-refractivity contribution in [2.24, 2.45) is 68.0 Å². The highest BCUT2D eigenvalue weighted by atomic mass is 16.5. The second kappa shape index (κ2) is 12.9. The Morgan fingerprint density at radius 2 is 1.57 bits per heavy atom. The molecular weight excluding hydrogens is 586 g/mol. The number of aliphatic hydroxyl groups excluding tert-OH is 1. The lowest BCUT2D eigenvalue weighted by molar-refractivity contribution is -0.252. The van der Waals surface area contributed by atoms with Gasteiger partial charge in [-0.25, -0.2) is 0 Å². The maximum Gasteiger partial charge on any atom is 0.309 e. The molecule has 5 aliphatic rings. The van der Waals surface area contributed by atoms with Crippen molar-refractivity contribution in [3.8, 4) is 0 Å². The molecule has 6 nitrogen and oxygen atoms in total. The molecule has 0 aromatic rings. The molecule has 5 fully saturated rings. The SMILES string of the molecule is CC(C)[C@@H]1CC[C@]2(CCCN(C)CCO)CC[C@]3(C)[C@H](CC[C@@H]4[C@@]5(C)CC[C@H](OC(=O)CC(C)(C)C(=O)O)C(C)(C)[C@@H]5CC[C@]43C)[C@@H]12. The first kappa shape index (κ1) is 37.1. The maximum atomic E-state index is 13.1. The molecule has 10 atom stereocenters. The largest absolute Gasteiger partial charge is 0.481 e. The van der Waals surface area contributed by atoms with E-state index in [1.807, 2.05) is 0 Å². The molecule has 0 saturated heterocycles. The Labute approximate surface area is 287 Å². The van der Waals surface area contributed by atoms with Gasteiger partial charge in [0.15, 0.2) is 0 Å². The summed E-state index contributed by atoms with van der Waals surface area (Å²) in [6.07, 6.45) is 15.0. The molecule has 0 aromatic heterocycles. The number of nitrogens with zero attached hydrogens (tertiary/aromatic N) is 1. The van der Waals surface area contributed by atoms with Gasteiger partial charge in [0.1, 0.15) is 6.10 Å². The normalized spacial score (nSPS) is 42.7. The first-order valence-corrected chi connectivity index (χ1v) is 19.5. The monoisotopic (exact) mass is 658 g/mol. The minimum Gasteiger partial charge on any atom is -0.481 e. The highest BCUT2D eigenvalue weighted by Gasteiger charge is 2.71. The van der Waals surface area contributed by atoms with Gasteiger partial charge < -0.3 is 19.8 Å². The highest BCUT2D eigenvalue weighted by Crippen LogP contribution is 2.78. The van der Waals surface area contributed by atoms with E-state index in [2.05, 4.69) is 60.4 Å². The van der Waals surface area contributed by atoms with Crippen LogP contribution in [-0.2, 0) is 14.3 Å². The van der Waals surface area contributed by atoms with E-state index in [0.29, 0.717) is 28.1 Å². The van der Waals surface area contributed by atoms with Crippen LogP contribution in [0.25, 0.3) is 0 Å². The Morgan fingerprint density at radius 1 is 0.872 bits per heavy atom. The van der Waals surface area contributed by atoms with Crippen LogP contribution in [0.1, 0.15) is 146 Å². The lowest BCUT2D eigenvalue weighted by atomic mass is 9.32. The predicted molar refractivity (Wildman–Crippen MR) is 189 cm³/mol. The molecule has 0 heterocycles. The molecule has 0 radical (unpaired) electrons. The smallest absolute Gasteiger partial charge is 0.309 e. The van der Waals surface area contributed by atoms with E-state index in [9.17, 15) is 19.8 Å². The number of ether oxygens (including phenoxy) is 1. The van der Waals surface area contributed by atoms with Crippen molar-refractivity contribution >= 4 is 11.9 Å². The lowest BCUT2D eigenvalue weighted by Crippen LogP contribution is -2.66. The number of fused-ring (bicyclic) bond motifs is 7. The highest BCUT2D eigenvalue weighted by molar-refractivity contribution is 5.81. The van der Waals surface area contributed by atoms with E-state index in [4.69, 9.17) is 4.74 Å². The van der Waals surface area contributed by atoms with Crippen LogP contribution in [0, 0.1) is 68.0 Å². The van der Waals surface area contributed by atoms with E-state index in [0.717, 1.165) is 49.6 Å². The number of carboxylic acids is 1. The second-order valence-electron chi connectivity index (χ2n) is 19.8. The van der Waals surface area contributed by atoms with E-state index >= 15 is 0 Å². The number of carbonyl (C=O) groups excluding carboxylic acids is 1. The van der Waals surface area contributed by atoms with Crippen LogP contribution in [0.4, 0.5) is 0 Å². The molecule has 47 heavy (non-hydrogen) atoms. The van der Waals surface area contributed by atoms with E-state index in [-0.39, 0.29) is 35.9 Å². The Morgan fingerprint density at radius 3 is 2.21 bits per heavy atom. The first-order chi connectivity index (χ1) is 21.8. The van der Waals surface area contributed by atoms with Crippen LogP contribution in [0.3, 0.4) is 0 Å².